The number of benzene rings is 1. The van der Waals surface area contributed by atoms with Crippen LogP contribution in [0, 0.1) is 23.0 Å². The number of nitro groups is 1. The van der Waals surface area contributed by atoms with Gasteiger partial charge in [-0.1, -0.05) is 6.92 Å². The normalized spacial score (nSPS) is 12.9. The van der Waals surface area contributed by atoms with Crippen molar-refractivity contribution in [1.29, 1.82) is 0 Å². The molecule has 0 amide bonds. The third-order valence-electron chi connectivity index (χ3n) is 3.14. The van der Waals surface area contributed by atoms with Gasteiger partial charge in [0.2, 0.25) is 10.0 Å². The molecule has 0 heterocycles. The fourth-order valence-electron chi connectivity index (χ4n) is 1.81. The summed E-state index contributed by atoms with van der Waals surface area (Å²) in [5.41, 5.74) is 0.601. The number of hydrogen-bond acceptors (Lipinski definition) is 5. The minimum atomic E-state index is -3.42. The SMILES string of the molecule is Cc1cc(OCCC(C)CCS(N)(=O)=O)ccc1[N+](=O)[O-]. The number of nitro benzene ring substituents is 1. The molecule has 0 aliphatic heterocycles. The first-order valence-electron chi connectivity index (χ1n) is 6.57. The van der Waals surface area contributed by atoms with Gasteiger partial charge in [-0.25, -0.2) is 13.6 Å². The second-order valence-corrected chi connectivity index (χ2v) is 6.84. The average molecular weight is 316 g/mol. The molecule has 2 N–H and O–H groups in total. The lowest BCUT2D eigenvalue weighted by Crippen LogP contribution is -2.18. The molecule has 1 aromatic rings. The zero-order valence-electron chi connectivity index (χ0n) is 12.1. The van der Waals surface area contributed by atoms with Gasteiger partial charge in [-0.15, -0.1) is 0 Å². The van der Waals surface area contributed by atoms with Crippen LogP contribution in [0.4, 0.5) is 5.69 Å². The van der Waals surface area contributed by atoms with Crippen molar-refractivity contribution in [3.63, 3.8) is 0 Å². The van der Waals surface area contributed by atoms with Crippen LogP contribution in [0.2, 0.25) is 0 Å². The summed E-state index contributed by atoms with van der Waals surface area (Å²) in [7, 11) is -3.42. The zero-order chi connectivity index (χ0) is 16.0. The Morgan fingerprint density at radius 1 is 1.38 bits per heavy atom. The maximum Gasteiger partial charge on any atom is 0.272 e. The molecule has 0 aliphatic carbocycles. The summed E-state index contributed by atoms with van der Waals surface area (Å²) in [5, 5.41) is 15.6. The Morgan fingerprint density at radius 3 is 2.57 bits per heavy atom. The molecular formula is C13H20N2O5S. The van der Waals surface area contributed by atoms with Crippen molar-refractivity contribution in [1.82, 2.24) is 0 Å². The highest BCUT2D eigenvalue weighted by Crippen LogP contribution is 2.23. The van der Waals surface area contributed by atoms with Crippen LogP contribution in [0.25, 0.3) is 0 Å². The van der Waals surface area contributed by atoms with Crippen LogP contribution in [0.15, 0.2) is 18.2 Å². The molecule has 118 valence electrons. The van der Waals surface area contributed by atoms with Crippen molar-refractivity contribution < 1.29 is 18.1 Å². The number of rotatable bonds is 8. The monoisotopic (exact) mass is 316 g/mol. The maximum absolute atomic E-state index is 10.8. The fourth-order valence-corrected chi connectivity index (χ4v) is 2.54. The van der Waals surface area contributed by atoms with Crippen molar-refractivity contribution in [2.45, 2.75) is 26.7 Å². The van der Waals surface area contributed by atoms with Crippen molar-refractivity contribution in [3.8, 4) is 5.75 Å². The number of hydrogen-bond donors (Lipinski definition) is 1. The summed E-state index contributed by atoms with van der Waals surface area (Å²) in [6.45, 7) is 4.00. The van der Waals surface area contributed by atoms with E-state index in [0.717, 1.165) is 0 Å². The van der Waals surface area contributed by atoms with Crippen molar-refractivity contribution in [3.05, 3.63) is 33.9 Å². The second kappa shape index (κ2) is 7.37. The van der Waals surface area contributed by atoms with E-state index in [-0.39, 0.29) is 17.4 Å². The van der Waals surface area contributed by atoms with E-state index in [0.29, 0.717) is 30.8 Å². The maximum atomic E-state index is 10.8. The van der Waals surface area contributed by atoms with E-state index in [1.807, 2.05) is 6.92 Å². The fraction of sp³-hybridized carbons (Fsp3) is 0.538. The summed E-state index contributed by atoms with van der Waals surface area (Å²) in [6.07, 6.45) is 1.17. The standard InChI is InChI=1S/C13H20N2O5S/c1-10(6-8-21(14,18)19)5-7-20-12-3-4-13(15(16)17)11(2)9-12/h3-4,9-10H,5-8H2,1-2H3,(H2,14,18,19). The Labute approximate surface area is 124 Å². The van der Waals surface area contributed by atoms with Gasteiger partial charge in [0.05, 0.1) is 17.3 Å². The van der Waals surface area contributed by atoms with Crippen LogP contribution in [0.3, 0.4) is 0 Å². The summed E-state index contributed by atoms with van der Waals surface area (Å²) in [4.78, 5) is 10.3. The van der Waals surface area contributed by atoms with Gasteiger partial charge in [-0.2, -0.15) is 0 Å². The first-order chi connectivity index (χ1) is 9.69. The van der Waals surface area contributed by atoms with Crippen LogP contribution < -0.4 is 9.88 Å². The molecule has 0 aromatic heterocycles. The molecular weight excluding hydrogens is 296 g/mol. The van der Waals surface area contributed by atoms with Crippen LogP contribution in [0.1, 0.15) is 25.3 Å². The van der Waals surface area contributed by atoms with Gasteiger partial charge in [0.1, 0.15) is 5.75 Å². The third-order valence-corrected chi connectivity index (χ3v) is 3.94. The van der Waals surface area contributed by atoms with Crippen LogP contribution in [-0.4, -0.2) is 25.7 Å². The smallest absolute Gasteiger partial charge is 0.272 e. The second-order valence-electron chi connectivity index (χ2n) is 5.10. The Balaban J connectivity index is 2.42. The molecule has 0 radical (unpaired) electrons. The van der Waals surface area contributed by atoms with Crippen LogP contribution >= 0.6 is 0 Å². The molecule has 0 spiro atoms. The first kappa shape index (κ1) is 17.4. The van der Waals surface area contributed by atoms with Crippen LogP contribution in [-0.2, 0) is 10.0 Å². The lowest BCUT2D eigenvalue weighted by molar-refractivity contribution is -0.385. The number of nitrogens with two attached hydrogens (primary N) is 1. The first-order valence-corrected chi connectivity index (χ1v) is 8.29. The molecule has 0 saturated heterocycles. The van der Waals surface area contributed by atoms with E-state index in [4.69, 9.17) is 9.88 Å². The molecule has 1 aromatic carbocycles. The van der Waals surface area contributed by atoms with Crippen molar-refractivity contribution in [2.24, 2.45) is 11.1 Å². The number of aryl methyl sites for hydroxylation is 1. The number of ether oxygens (including phenoxy) is 1. The highest BCUT2D eigenvalue weighted by molar-refractivity contribution is 7.89. The van der Waals surface area contributed by atoms with Gasteiger partial charge in [0, 0.05) is 11.6 Å². The highest BCUT2D eigenvalue weighted by Gasteiger charge is 2.11. The number of primary sulfonamides is 1. The summed E-state index contributed by atoms with van der Waals surface area (Å²) in [5.74, 6) is 0.698. The summed E-state index contributed by atoms with van der Waals surface area (Å²) >= 11 is 0. The average Bonchev–Trinajstić information content (AvgIpc) is 2.35. The van der Waals surface area contributed by atoms with Gasteiger partial charge in [0.25, 0.3) is 5.69 Å². The molecule has 21 heavy (non-hydrogen) atoms. The molecule has 0 aliphatic rings. The van der Waals surface area contributed by atoms with E-state index in [2.05, 4.69) is 0 Å². The lowest BCUT2D eigenvalue weighted by atomic mass is 10.1. The molecule has 0 fully saturated rings. The Bertz CT molecular complexity index is 601. The molecule has 8 heteroatoms. The van der Waals surface area contributed by atoms with Gasteiger partial charge < -0.3 is 4.74 Å². The van der Waals surface area contributed by atoms with Crippen LogP contribution in [0.5, 0.6) is 5.75 Å². The molecule has 1 unspecified atom stereocenters. The lowest BCUT2D eigenvalue weighted by Gasteiger charge is -2.12. The van der Waals surface area contributed by atoms with E-state index in [9.17, 15) is 18.5 Å². The summed E-state index contributed by atoms with van der Waals surface area (Å²) in [6, 6.07) is 4.59. The highest BCUT2D eigenvalue weighted by atomic mass is 32.2. The summed E-state index contributed by atoms with van der Waals surface area (Å²) < 4.78 is 27.2. The van der Waals surface area contributed by atoms with E-state index < -0.39 is 14.9 Å². The number of nitrogens with zero attached hydrogens (tertiary/aromatic N) is 1. The molecule has 1 rings (SSSR count). The molecule has 1 atom stereocenters. The van der Waals surface area contributed by atoms with Gasteiger partial charge in [0.15, 0.2) is 0 Å². The van der Waals surface area contributed by atoms with Crippen molar-refractivity contribution >= 4 is 15.7 Å². The van der Waals surface area contributed by atoms with Crippen molar-refractivity contribution in [2.75, 3.05) is 12.4 Å². The predicted molar refractivity (Wildman–Crippen MR) is 79.7 cm³/mol. The minimum absolute atomic E-state index is 0.0369. The van der Waals surface area contributed by atoms with Gasteiger partial charge in [-0.3, -0.25) is 10.1 Å². The van der Waals surface area contributed by atoms with E-state index in [1.54, 1.807) is 19.1 Å². The molecule has 0 saturated carbocycles. The largest absolute Gasteiger partial charge is 0.494 e. The third kappa shape index (κ3) is 6.54. The Morgan fingerprint density at radius 2 is 2.05 bits per heavy atom. The zero-order valence-corrected chi connectivity index (χ0v) is 12.9. The minimum Gasteiger partial charge on any atom is -0.494 e. The predicted octanol–water partition coefficient (Wildman–Crippen LogP) is 1.99. The quantitative estimate of drug-likeness (QED) is 0.582. The van der Waals surface area contributed by atoms with Gasteiger partial charge >= 0.3 is 0 Å². The van der Waals surface area contributed by atoms with E-state index in [1.165, 1.54) is 6.07 Å². The van der Waals surface area contributed by atoms with E-state index >= 15 is 0 Å². The Hall–Kier alpha value is -1.67. The molecule has 0 bridgehead atoms. The van der Waals surface area contributed by atoms with Gasteiger partial charge in [-0.05, 0) is 37.8 Å². The topological polar surface area (TPSA) is 113 Å². The Kier molecular flexibility index (Phi) is 6.10. The molecule has 7 nitrogen and oxygen atoms in total. The number of sulfonamides is 1.